The van der Waals surface area contributed by atoms with Gasteiger partial charge in [0, 0.05) is 22.9 Å². The van der Waals surface area contributed by atoms with E-state index in [1.54, 1.807) is 0 Å². The molecule has 16 heavy (non-hydrogen) atoms. The van der Waals surface area contributed by atoms with Crippen LogP contribution in [0.25, 0.3) is 0 Å². The van der Waals surface area contributed by atoms with Crippen LogP contribution in [0.2, 0.25) is 0 Å². The zero-order valence-electron chi connectivity index (χ0n) is 8.87. The number of para-hydroxylation sites is 1. The molecular formula is C13H13NS2. The van der Waals surface area contributed by atoms with Gasteiger partial charge in [-0.1, -0.05) is 24.3 Å². The van der Waals surface area contributed by atoms with E-state index >= 15 is 0 Å². The van der Waals surface area contributed by atoms with Crippen molar-refractivity contribution >= 4 is 28.8 Å². The van der Waals surface area contributed by atoms with E-state index in [0.29, 0.717) is 5.37 Å². The van der Waals surface area contributed by atoms with Gasteiger partial charge >= 0.3 is 0 Å². The Morgan fingerprint density at radius 1 is 1.06 bits per heavy atom. The number of rotatable bonds is 2. The van der Waals surface area contributed by atoms with Crippen molar-refractivity contribution in [2.24, 2.45) is 0 Å². The van der Waals surface area contributed by atoms with Crippen molar-refractivity contribution in [3.8, 4) is 0 Å². The van der Waals surface area contributed by atoms with Gasteiger partial charge in [-0.05, 0) is 23.6 Å². The lowest BCUT2D eigenvalue weighted by molar-refractivity contribution is 0.870. The molecule has 0 radical (unpaired) electrons. The van der Waals surface area contributed by atoms with Crippen LogP contribution in [0, 0.1) is 0 Å². The molecule has 0 amide bonds. The van der Waals surface area contributed by atoms with Gasteiger partial charge in [0.1, 0.15) is 5.37 Å². The van der Waals surface area contributed by atoms with E-state index in [-0.39, 0.29) is 0 Å². The Hall–Kier alpha value is -0.930. The lowest BCUT2D eigenvalue weighted by Gasteiger charge is -2.24. The van der Waals surface area contributed by atoms with Gasteiger partial charge in [0.05, 0.1) is 0 Å². The predicted octanol–water partition coefficient (Wildman–Crippen LogP) is 4.00. The van der Waals surface area contributed by atoms with E-state index in [1.807, 2.05) is 23.1 Å². The van der Waals surface area contributed by atoms with Crippen LogP contribution in [0.3, 0.4) is 0 Å². The van der Waals surface area contributed by atoms with Crippen LogP contribution in [0.1, 0.15) is 10.3 Å². The first-order valence-electron chi connectivity index (χ1n) is 5.42. The normalized spacial score (nSPS) is 20.2. The van der Waals surface area contributed by atoms with Gasteiger partial charge in [-0.2, -0.15) is 0 Å². The average molecular weight is 247 g/mol. The highest BCUT2D eigenvalue weighted by Gasteiger charge is 2.27. The maximum atomic E-state index is 2.50. The molecule has 1 fully saturated rings. The minimum absolute atomic E-state index is 0.516. The van der Waals surface area contributed by atoms with Crippen LogP contribution >= 0.6 is 23.1 Å². The topological polar surface area (TPSA) is 3.24 Å². The smallest absolute Gasteiger partial charge is 0.110 e. The van der Waals surface area contributed by atoms with Gasteiger partial charge < -0.3 is 4.90 Å². The summed E-state index contributed by atoms with van der Waals surface area (Å²) in [6.45, 7) is 1.15. The van der Waals surface area contributed by atoms with Crippen LogP contribution in [0.5, 0.6) is 0 Å². The molecule has 82 valence electrons. The summed E-state index contributed by atoms with van der Waals surface area (Å²) < 4.78 is 0. The molecule has 1 aliphatic heterocycles. The second kappa shape index (κ2) is 4.52. The summed E-state index contributed by atoms with van der Waals surface area (Å²) in [5, 5.41) is 2.68. The molecule has 2 aromatic rings. The first-order chi connectivity index (χ1) is 7.95. The molecule has 1 nitrogen and oxygen atoms in total. The van der Waals surface area contributed by atoms with E-state index in [2.05, 4.69) is 52.7 Å². The average Bonchev–Trinajstić information content (AvgIpc) is 3.01. The van der Waals surface area contributed by atoms with E-state index in [4.69, 9.17) is 0 Å². The fourth-order valence-corrected chi connectivity index (χ4v) is 4.28. The number of thioether (sulfide) groups is 1. The summed E-state index contributed by atoms with van der Waals surface area (Å²) in [5.74, 6) is 1.22. The molecule has 3 heteroatoms. The van der Waals surface area contributed by atoms with Crippen LogP contribution in [0.15, 0.2) is 47.8 Å². The summed E-state index contributed by atoms with van der Waals surface area (Å²) in [4.78, 5) is 3.96. The Morgan fingerprint density at radius 3 is 2.69 bits per heavy atom. The van der Waals surface area contributed by atoms with Crippen LogP contribution in [-0.4, -0.2) is 12.3 Å². The maximum Gasteiger partial charge on any atom is 0.110 e. The summed E-state index contributed by atoms with van der Waals surface area (Å²) in [7, 11) is 0. The summed E-state index contributed by atoms with van der Waals surface area (Å²) >= 11 is 3.90. The second-order valence-electron chi connectivity index (χ2n) is 3.77. The molecule has 1 aromatic heterocycles. The van der Waals surface area contributed by atoms with Crippen LogP contribution < -0.4 is 4.90 Å². The van der Waals surface area contributed by atoms with Crippen molar-refractivity contribution in [2.75, 3.05) is 17.2 Å². The minimum atomic E-state index is 0.516. The molecule has 1 saturated heterocycles. The molecule has 0 bridgehead atoms. The fourth-order valence-electron chi connectivity index (χ4n) is 2.02. The number of hydrogen-bond acceptors (Lipinski definition) is 3. The molecule has 1 aliphatic rings. The Bertz CT molecular complexity index is 438. The summed E-state index contributed by atoms with van der Waals surface area (Å²) in [6.07, 6.45) is 0. The van der Waals surface area contributed by atoms with Crippen molar-refractivity contribution < 1.29 is 0 Å². The Kier molecular flexibility index (Phi) is 2.89. The maximum absolute atomic E-state index is 2.50. The largest absolute Gasteiger partial charge is 0.354 e. The van der Waals surface area contributed by atoms with Crippen molar-refractivity contribution in [1.82, 2.24) is 0 Å². The molecule has 1 aromatic carbocycles. The van der Waals surface area contributed by atoms with E-state index < -0.39 is 0 Å². The number of nitrogens with zero attached hydrogens (tertiary/aromatic N) is 1. The van der Waals surface area contributed by atoms with Crippen molar-refractivity contribution in [3.63, 3.8) is 0 Å². The Balaban J connectivity index is 1.90. The van der Waals surface area contributed by atoms with Crippen molar-refractivity contribution in [2.45, 2.75) is 5.37 Å². The fraction of sp³-hybridized carbons (Fsp3) is 0.231. The quantitative estimate of drug-likeness (QED) is 0.789. The Morgan fingerprint density at radius 2 is 1.94 bits per heavy atom. The number of anilines is 1. The van der Waals surface area contributed by atoms with Gasteiger partial charge in [-0.25, -0.2) is 0 Å². The SMILES string of the molecule is c1ccc(N2CCS[C@H]2c2cccs2)cc1. The van der Waals surface area contributed by atoms with Gasteiger partial charge in [0.2, 0.25) is 0 Å². The van der Waals surface area contributed by atoms with Gasteiger partial charge in [-0.3, -0.25) is 0 Å². The third kappa shape index (κ3) is 1.85. The Labute approximate surface area is 104 Å². The van der Waals surface area contributed by atoms with Crippen molar-refractivity contribution in [1.29, 1.82) is 0 Å². The second-order valence-corrected chi connectivity index (χ2v) is 5.93. The monoisotopic (exact) mass is 247 g/mol. The molecule has 0 N–H and O–H groups in total. The zero-order chi connectivity index (χ0) is 10.8. The summed E-state index contributed by atoms with van der Waals surface area (Å²) in [6, 6.07) is 15.1. The zero-order valence-corrected chi connectivity index (χ0v) is 10.5. The van der Waals surface area contributed by atoms with E-state index in [0.717, 1.165) is 6.54 Å². The highest BCUT2D eigenvalue weighted by molar-refractivity contribution is 8.00. The molecule has 3 rings (SSSR count). The lowest BCUT2D eigenvalue weighted by atomic mass is 10.3. The molecule has 0 saturated carbocycles. The highest BCUT2D eigenvalue weighted by Crippen LogP contribution is 2.42. The van der Waals surface area contributed by atoms with Crippen molar-refractivity contribution in [3.05, 3.63) is 52.7 Å². The predicted molar refractivity (Wildman–Crippen MR) is 73.3 cm³/mol. The van der Waals surface area contributed by atoms with Gasteiger partial charge in [0.25, 0.3) is 0 Å². The number of hydrogen-bond donors (Lipinski definition) is 0. The molecule has 0 spiro atoms. The highest BCUT2D eigenvalue weighted by atomic mass is 32.2. The third-order valence-electron chi connectivity index (χ3n) is 2.77. The number of thiophene rings is 1. The molecule has 0 aliphatic carbocycles. The first kappa shape index (κ1) is 10.2. The lowest BCUT2D eigenvalue weighted by Crippen LogP contribution is -2.21. The molecular weight excluding hydrogens is 234 g/mol. The first-order valence-corrected chi connectivity index (χ1v) is 7.35. The van der Waals surface area contributed by atoms with E-state index in [1.165, 1.54) is 16.3 Å². The minimum Gasteiger partial charge on any atom is -0.354 e. The van der Waals surface area contributed by atoms with Gasteiger partial charge in [-0.15, -0.1) is 23.1 Å². The molecule has 0 unspecified atom stereocenters. The van der Waals surface area contributed by atoms with Gasteiger partial charge in [0.15, 0.2) is 0 Å². The number of benzene rings is 1. The third-order valence-corrected chi connectivity index (χ3v) is 5.08. The molecule has 2 heterocycles. The summed E-state index contributed by atoms with van der Waals surface area (Å²) in [5.41, 5.74) is 1.34. The van der Waals surface area contributed by atoms with Crippen LogP contribution in [0.4, 0.5) is 5.69 Å². The molecule has 1 atom stereocenters. The standard InChI is InChI=1S/C13H13NS2/c1-2-5-11(6-3-1)14-8-10-16-13(14)12-7-4-9-15-12/h1-7,9,13H,8,10H2/t13-/m0/s1. The van der Waals surface area contributed by atoms with E-state index in [9.17, 15) is 0 Å². The van der Waals surface area contributed by atoms with Crippen LogP contribution in [-0.2, 0) is 0 Å².